The quantitative estimate of drug-likeness (QED) is 0.623. The second-order valence-electron chi connectivity index (χ2n) is 7.64. The number of carbonyl (C=O) groups is 3. The molecule has 3 aliphatic rings. The molecule has 8 nitrogen and oxygen atoms in total. The Morgan fingerprint density at radius 2 is 2.04 bits per heavy atom. The molecule has 1 spiro atoms. The Bertz CT molecular complexity index is 889. The monoisotopic (exact) mass is 407 g/mol. The lowest BCUT2D eigenvalue weighted by Gasteiger charge is -2.30. The molecule has 0 radical (unpaired) electrons. The fourth-order valence-corrected chi connectivity index (χ4v) is 5.11. The van der Waals surface area contributed by atoms with Gasteiger partial charge in [0.25, 0.3) is 0 Å². The lowest BCUT2D eigenvalue weighted by molar-refractivity contribution is -0.143. The number of methoxy groups -OCH3 is 1. The molecule has 1 aromatic carbocycles. The van der Waals surface area contributed by atoms with Crippen LogP contribution in [-0.4, -0.2) is 60.1 Å². The number of nitrogens with one attached hydrogen (secondary N) is 2. The summed E-state index contributed by atoms with van der Waals surface area (Å²) in [7, 11) is 1.49. The van der Waals surface area contributed by atoms with Gasteiger partial charge in [0.15, 0.2) is 0 Å². The largest absolute Gasteiger partial charge is 0.392 e. The average Bonchev–Trinajstić information content (AvgIpc) is 3.21. The topological polar surface area (TPSA) is 108 Å². The lowest BCUT2D eigenvalue weighted by Crippen LogP contribution is -2.55. The van der Waals surface area contributed by atoms with Crippen molar-refractivity contribution in [2.45, 2.75) is 31.5 Å². The van der Waals surface area contributed by atoms with Crippen LogP contribution in [0.25, 0.3) is 0 Å². The number of hydrogen-bond acceptors (Lipinski definition) is 6. The molecule has 1 aromatic rings. The summed E-state index contributed by atoms with van der Waals surface area (Å²) < 4.78 is 5.01. The molecule has 9 heteroatoms. The number of fused-ring (bicyclic) bond motifs is 4. The molecule has 150 valence electrons. The van der Waals surface area contributed by atoms with Crippen molar-refractivity contribution >= 4 is 35.0 Å². The standard InChI is InChI=1S/C19H22ClN3O5/c1-8-6-10(20)7-11-14(8)21-18(27)19(11)13-12(15(22-19)9(2)24)16(25)23(17(13)26)4-5-28-3/h6-7,9,12-13,15,22,24H,4-5H2,1-3H3,(H,21,27)/t9-,12-,13-,15+,19-/m0/s1. The van der Waals surface area contributed by atoms with Crippen molar-refractivity contribution in [2.75, 3.05) is 25.6 Å². The summed E-state index contributed by atoms with van der Waals surface area (Å²) in [6, 6.07) is 2.63. The molecule has 0 unspecified atom stereocenters. The maximum Gasteiger partial charge on any atom is 0.250 e. The molecule has 0 saturated carbocycles. The minimum absolute atomic E-state index is 0.104. The number of likely N-dealkylation sites (tertiary alicyclic amines) is 1. The fraction of sp³-hybridized carbons (Fsp3) is 0.526. The summed E-state index contributed by atoms with van der Waals surface area (Å²) in [5.74, 6) is -3.07. The van der Waals surface area contributed by atoms with E-state index in [9.17, 15) is 19.5 Å². The Kier molecular flexibility index (Phi) is 4.50. The molecule has 0 aromatic heterocycles. The number of ether oxygens (including phenoxy) is 1. The lowest BCUT2D eigenvalue weighted by atomic mass is 9.76. The predicted octanol–water partition coefficient (Wildman–Crippen LogP) is 0.396. The van der Waals surface area contributed by atoms with E-state index in [1.165, 1.54) is 7.11 Å². The van der Waals surface area contributed by atoms with Crippen LogP contribution in [0.5, 0.6) is 0 Å². The summed E-state index contributed by atoms with van der Waals surface area (Å²) in [4.78, 5) is 40.7. The Balaban J connectivity index is 1.89. The van der Waals surface area contributed by atoms with E-state index in [4.69, 9.17) is 16.3 Å². The molecule has 2 fully saturated rings. The smallest absolute Gasteiger partial charge is 0.250 e. The number of aryl methyl sites for hydroxylation is 1. The molecule has 5 atom stereocenters. The number of hydrogen-bond donors (Lipinski definition) is 3. The van der Waals surface area contributed by atoms with Crippen molar-refractivity contribution in [1.29, 1.82) is 0 Å². The number of halogens is 1. The highest BCUT2D eigenvalue weighted by Crippen LogP contribution is 2.54. The van der Waals surface area contributed by atoms with Crippen molar-refractivity contribution in [3.63, 3.8) is 0 Å². The highest BCUT2D eigenvalue weighted by Gasteiger charge is 2.71. The number of amides is 3. The van der Waals surface area contributed by atoms with Crippen LogP contribution in [0.2, 0.25) is 5.02 Å². The highest BCUT2D eigenvalue weighted by atomic mass is 35.5. The first-order valence-electron chi connectivity index (χ1n) is 9.16. The van der Waals surface area contributed by atoms with Gasteiger partial charge in [-0.2, -0.15) is 0 Å². The molecule has 0 bridgehead atoms. The van der Waals surface area contributed by atoms with Gasteiger partial charge in [0, 0.05) is 29.4 Å². The van der Waals surface area contributed by atoms with E-state index in [-0.39, 0.29) is 13.2 Å². The highest BCUT2D eigenvalue weighted by molar-refractivity contribution is 6.31. The average molecular weight is 408 g/mol. The second kappa shape index (κ2) is 6.52. The molecule has 3 aliphatic heterocycles. The number of carbonyl (C=O) groups excluding carboxylic acids is 3. The SMILES string of the molecule is COCCN1C(=O)[C@@H]2[C@@H]([C@H](C)O)N[C@]3(C(=O)Nc4c(C)cc(Cl)cc43)[C@@H]2C1=O. The Morgan fingerprint density at radius 3 is 2.68 bits per heavy atom. The van der Waals surface area contributed by atoms with Gasteiger partial charge < -0.3 is 15.2 Å². The van der Waals surface area contributed by atoms with Gasteiger partial charge in [-0.3, -0.25) is 24.6 Å². The molecule has 3 amide bonds. The summed E-state index contributed by atoms with van der Waals surface area (Å²) in [5.41, 5.74) is 0.434. The van der Waals surface area contributed by atoms with Gasteiger partial charge in [-0.25, -0.2) is 0 Å². The van der Waals surface area contributed by atoms with Gasteiger partial charge >= 0.3 is 0 Å². The number of aliphatic hydroxyl groups excluding tert-OH is 1. The van der Waals surface area contributed by atoms with Gasteiger partial charge in [0.2, 0.25) is 17.7 Å². The van der Waals surface area contributed by atoms with Crippen LogP contribution >= 0.6 is 11.6 Å². The van der Waals surface area contributed by atoms with E-state index in [0.717, 1.165) is 10.5 Å². The van der Waals surface area contributed by atoms with Crippen LogP contribution in [0.15, 0.2) is 12.1 Å². The second-order valence-corrected chi connectivity index (χ2v) is 8.08. The van der Waals surface area contributed by atoms with Crippen molar-refractivity contribution < 1.29 is 24.2 Å². The van der Waals surface area contributed by atoms with Crippen LogP contribution in [0.3, 0.4) is 0 Å². The van der Waals surface area contributed by atoms with Crippen LogP contribution in [-0.2, 0) is 24.7 Å². The molecular weight excluding hydrogens is 386 g/mol. The third-order valence-corrected chi connectivity index (χ3v) is 6.27. The molecule has 2 saturated heterocycles. The summed E-state index contributed by atoms with van der Waals surface area (Å²) in [5, 5.41) is 16.7. The Labute approximate surface area is 167 Å². The predicted molar refractivity (Wildman–Crippen MR) is 101 cm³/mol. The van der Waals surface area contributed by atoms with Crippen molar-refractivity contribution in [3.05, 3.63) is 28.3 Å². The number of aliphatic hydroxyl groups is 1. The Morgan fingerprint density at radius 1 is 1.32 bits per heavy atom. The van der Waals surface area contributed by atoms with E-state index < -0.39 is 47.2 Å². The van der Waals surface area contributed by atoms with Gasteiger partial charge in [0.1, 0.15) is 5.54 Å². The van der Waals surface area contributed by atoms with Crippen LogP contribution in [0, 0.1) is 18.8 Å². The number of imide groups is 1. The molecule has 0 aliphatic carbocycles. The zero-order valence-electron chi connectivity index (χ0n) is 15.8. The molecular formula is C19H22ClN3O5. The molecule has 3 N–H and O–H groups in total. The van der Waals surface area contributed by atoms with Crippen LogP contribution in [0.1, 0.15) is 18.1 Å². The fourth-order valence-electron chi connectivity index (χ4n) is 4.84. The van der Waals surface area contributed by atoms with Gasteiger partial charge in [0.05, 0.1) is 31.1 Å². The number of rotatable bonds is 4. The van der Waals surface area contributed by atoms with E-state index in [1.807, 2.05) is 6.92 Å². The molecule has 4 rings (SSSR count). The van der Waals surface area contributed by atoms with E-state index >= 15 is 0 Å². The maximum absolute atomic E-state index is 13.3. The van der Waals surface area contributed by atoms with Gasteiger partial charge in [-0.15, -0.1) is 0 Å². The van der Waals surface area contributed by atoms with Crippen molar-refractivity contribution in [1.82, 2.24) is 10.2 Å². The number of benzene rings is 1. The van der Waals surface area contributed by atoms with Gasteiger partial charge in [-0.1, -0.05) is 11.6 Å². The minimum Gasteiger partial charge on any atom is -0.392 e. The van der Waals surface area contributed by atoms with Crippen LogP contribution < -0.4 is 10.6 Å². The molecule has 28 heavy (non-hydrogen) atoms. The summed E-state index contributed by atoms with van der Waals surface area (Å²) >= 11 is 6.25. The van der Waals surface area contributed by atoms with E-state index in [0.29, 0.717) is 16.3 Å². The number of nitrogens with zero attached hydrogens (tertiary/aromatic N) is 1. The number of anilines is 1. The van der Waals surface area contributed by atoms with Crippen molar-refractivity contribution in [2.24, 2.45) is 11.8 Å². The van der Waals surface area contributed by atoms with E-state index in [1.54, 1.807) is 19.1 Å². The summed E-state index contributed by atoms with van der Waals surface area (Å²) in [6.45, 7) is 3.66. The third kappa shape index (κ3) is 2.38. The van der Waals surface area contributed by atoms with Crippen LogP contribution in [0.4, 0.5) is 5.69 Å². The normalized spacial score (nSPS) is 32.1. The van der Waals surface area contributed by atoms with E-state index in [2.05, 4.69) is 10.6 Å². The molecule has 3 heterocycles. The van der Waals surface area contributed by atoms with Gasteiger partial charge in [-0.05, 0) is 31.5 Å². The minimum atomic E-state index is -1.45. The first kappa shape index (κ1) is 19.3. The maximum atomic E-state index is 13.3. The summed E-state index contributed by atoms with van der Waals surface area (Å²) in [6.07, 6.45) is -0.942. The zero-order chi connectivity index (χ0) is 20.4. The zero-order valence-corrected chi connectivity index (χ0v) is 16.5. The third-order valence-electron chi connectivity index (χ3n) is 6.05. The first-order chi connectivity index (χ1) is 13.2. The first-order valence-corrected chi connectivity index (χ1v) is 9.53. The Hall–Kier alpha value is -2.00. The van der Waals surface area contributed by atoms with Crippen molar-refractivity contribution in [3.8, 4) is 0 Å².